The van der Waals surface area contributed by atoms with Crippen molar-refractivity contribution in [2.45, 2.75) is 32.4 Å². The summed E-state index contributed by atoms with van der Waals surface area (Å²) in [5, 5.41) is 3.38. The number of carbonyl (C=O) groups is 2. The van der Waals surface area contributed by atoms with E-state index in [1.807, 2.05) is 6.92 Å². The van der Waals surface area contributed by atoms with Crippen molar-refractivity contribution < 1.29 is 9.59 Å². The van der Waals surface area contributed by atoms with Crippen molar-refractivity contribution in [3.8, 4) is 0 Å². The Morgan fingerprint density at radius 2 is 1.84 bits per heavy atom. The van der Waals surface area contributed by atoms with Crippen LogP contribution in [0.2, 0.25) is 10.0 Å². The minimum atomic E-state index is -0.582. The fraction of sp³-hybridized carbons (Fsp3) is 0.385. The number of para-hydroxylation sites is 1. The van der Waals surface area contributed by atoms with Gasteiger partial charge in [-0.15, -0.1) is 0 Å². The number of carbonyl (C=O) groups excluding carboxylic acids is 2. The number of nitrogens with zero attached hydrogens (tertiary/aromatic N) is 1. The predicted octanol–water partition coefficient (Wildman–Crippen LogP) is 2.62. The van der Waals surface area contributed by atoms with Gasteiger partial charge in [0.05, 0.1) is 15.7 Å². The maximum absolute atomic E-state index is 12.3. The summed E-state index contributed by atoms with van der Waals surface area (Å²) in [5.74, 6) is -0.396. The van der Waals surface area contributed by atoms with Gasteiger partial charge in [-0.3, -0.25) is 14.5 Å². The number of nitrogens with one attached hydrogen (secondary N) is 1. The van der Waals surface area contributed by atoms with Crippen molar-refractivity contribution in [1.29, 1.82) is 0 Å². The molecule has 1 saturated heterocycles. The lowest BCUT2D eigenvalue weighted by atomic mass is 10.0. The van der Waals surface area contributed by atoms with Crippen molar-refractivity contribution in [1.82, 2.24) is 5.32 Å². The van der Waals surface area contributed by atoms with Crippen LogP contribution in [0.25, 0.3) is 0 Å². The predicted molar refractivity (Wildman–Crippen MR) is 75.6 cm³/mol. The van der Waals surface area contributed by atoms with E-state index in [-0.39, 0.29) is 11.8 Å². The maximum Gasteiger partial charge on any atom is 0.250 e. The third kappa shape index (κ3) is 2.42. The third-order valence-electron chi connectivity index (χ3n) is 3.15. The molecule has 2 amide bonds. The van der Waals surface area contributed by atoms with Crippen LogP contribution < -0.4 is 10.2 Å². The molecule has 0 bridgehead atoms. The van der Waals surface area contributed by atoms with Crippen LogP contribution in [0, 0.1) is 0 Å². The average molecular weight is 301 g/mol. The van der Waals surface area contributed by atoms with Crippen LogP contribution in [-0.4, -0.2) is 23.9 Å². The van der Waals surface area contributed by atoms with Crippen LogP contribution in [0.5, 0.6) is 0 Å². The SMILES string of the molecule is CCC1C(=O)NC(C)C(=O)N1c1c(Cl)cccc1Cl. The van der Waals surface area contributed by atoms with E-state index in [1.165, 1.54) is 4.90 Å². The summed E-state index contributed by atoms with van der Waals surface area (Å²) in [5.41, 5.74) is 0.407. The molecule has 0 saturated carbocycles. The summed E-state index contributed by atoms with van der Waals surface area (Å²) >= 11 is 12.3. The zero-order valence-electron chi connectivity index (χ0n) is 10.6. The Morgan fingerprint density at radius 1 is 1.26 bits per heavy atom. The van der Waals surface area contributed by atoms with Gasteiger partial charge < -0.3 is 5.32 Å². The van der Waals surface area contributed by atoms with Gasteiger partial charge in [-0.25, -0.2) is 0 Å². The molecule has 2 atom stereocenters. The molecule has 1 N–H and O–H groups in total. The molecule has 4 nitrogen and oxygen atoms in total. The van der Waals surface area contributed by atoms with Gasteiger partial charge in [-0.2, -0.15) is 0 Å². The highest BCUT2D eigenvalue weighted by molar-refractivity contribution is 6.40. The van der Waals surface area contributed by atoms with Crippen molar-refractivity contribution in [3.63, 3.8) is 0 Å². The van der Waals surface area contributed by atoms with E-state index in [0.29, 0.717) is 22.2 Å². The largest absolute Gasteiger partial charge is 0.343 e. The lowest BCUT2D eigenvalue weighted by Gasteiger charge is -2.38. The smallest absolute Gasteiger partial charge is 0.250 e. The molecule has 19 heavy (non-hydrogen) atoms. The van der Waals surface area contributed by atoms with Gasteiger partial charge in [-0.1, -0.05) is 36.2 Å². The van der Waals surface area contributed by atoms with Gasteiger partial charge >= 0.3 is 0 Å². The molecule has 1 aromatic carbocycles. The van der Waals surface area contributed by atoms with Crippen LogP contribution in [-0.2, 0) is 9.59 Å². The van der Waals surface area contributed by atoms with Crippen molar-refractivity contribution in [2.24, 2.45) is 0 Å². The normalized spacial score (nSPS) is 23.5. The van der Waals surface area contributed by atoms with Gasteiger partial charge in [0.2, 0.25) is 11.8 Å². The first kappa shape index (κ1) is 14.2. The van der Waals surface area contributed by atoms with Gasteiger partial charge in [0.1, 0.15) is 12.1 Å². The molecule has 1 heterocycles. The number of amides is 2. The average Bonchev–Trinajstić information content (AvgIpc) is 2.35. The number of benzene rings is 1. The zero-order valence-corrected chi connectivity index (χ0v) is 12.1. The zero-order chi connectivity index (χ0) is 14.2. The second-order valence-corrected chi connectivity index (χ2v) is 5.25. The van der Waals surface area contributed by atoms with Crippen LogP contribution in [0.4, 0.5) is 5.69 Å². The first-order valence-electron chi connectivity index (χ1n) is 6.04. The summed E-state index contributed by atoms with van der Waals surface area (Å²) in [4.78, 5) is 25.7. The Kier molecular flexibility index (Phi) is 4.02. The first-order valence-corrected chi connectivity index (χ1v) is 6.80. The Balaban J connectivity index is 2.55. The van der Waals surface area contributed by atoms with E-state index in [1.54, 1.807) is 25.1 Å². The molecular weight excluding hydrogens is 287 g/mol. The first-order chi connectivity index (χ1) is 8.97. The molecule has 1 aliphatic heterocycles. The van der Waals surface area contributed by atoms with Gasteiger partial charge in [0.25, 0.3) is 0 Å². The highest BCUT2D eigenvalue weighted by Crippen LogP contribution is 2.36. The monoisotopic (exact) mass is 300 g/mol. The van der Waals surface area contributed by atoms with Gasteiger partial charge in [-0.05, 0) is 25.5 Å². The molecule has 0 radical (unpaired) electrons. The molecule has 1 fully saturated rings. The Hall–Kier alpha value is -1.26. The molecule has 0 aliphatic carbocycles. The van der Waals surface area contributed by atoms with E-state index in [4.69, 9.17) is 23.2 Å². The van der Waals surface area contributed by atoms with E-state index < -0.39 is 12.1 Å². The summed E-state index contributed by atoms with van der Waals surface area (Å²) < 4.78 is 0. The summed E-state index contributed by atoms with van der Waals surface area (Å²) in [7, 11) is 0. The summed E-state index contributed by atoms with van der Waals surface area (Å²) in [6.45, 7) is 3.48. The van der Waals surface area contributed by atoms with E-state index >= 15 is 0 Å². The Morgan fingerprint density at radius 3 is 2.37 bits per heavy atom. The lowest BCUT2D eigenvalue weighted by molar-refractivity contribution is -0.133. The fourth-order valence-electron chi connectivity index (χ4n) is 2.20. The molecule has 102 valence electrons. The molecule has 2 unspecified atom stereocenters. The molecule has 1 aromatic rings. The number of hydrogen-bond donors (Lipinski definition) is 1. The minimum Gasteiger partial charge on any atom is -0.343 e. The van der Waals surface area contributed by atoms with Crippen LogP contribution >= 0.6 is 23.2 Å². The van der Waals surface area contributed by atoms with E-state index in [2.05, 4.69) is 5.32 Å². The van der Waals surface area contributed by atoms with Crippen LogP contribution in [0.15, 0.2) is 18.2 Å². The maximum atomic E-state index is 12.3. The van der Waals surface area contributed by atoms with Gasteiger partial charge in [0, 0.05) is 0 Å². The highest BCUT2D eigenvalue weighted by Gasteiger charge is 2.39. The second kappa shape index (κ2) is 5.39. The number of rotatable bonds is 2. The summed E-state index contributed by atoms with van der Waals surface area (Å²) in [6, 6.07) is 3.84. The number of piperazine rings is 1. The van der Waals surface area contributed by atoms with Crippen molar-refractivity contribution in [3.05, 3.63) is 28.2 Å². The second-order valence-electron chi connectivity index (χ2n) is 4.43. The van der Waals surface area contributed by atoms with E-state index in [0.717, 1.165) is 0 Å². The standard InChI is InChI=1S/C13H14Cl2N2O2/c1-3-10-12(18)16-7(2)13(19)17(10)11-8(14)5-4-6-9(11)15/h4-7,10H,3H2,1-2H3,(H,16,18). The van der Waals surface area contributed by atoms with E-state index in [9.17, 15) is 9.59 Å². The number of hydrogen-bond acceptors (Lipinski definition) is 2. The van der Waals surface area contributed by atoms with Crippen molar-refractivity contribution in [2.75, 3.05) is 4.90 Å². The molecule has 6 heteroatoms. The number of anilines is 1. The summed E-state index contributed by atoms with van der Waals surface area (Å²) in [6.07, 6.45) is 0.492. The Bertz CT molecular complexity index is 513. The highest BCUT2D eigenvalue weighted by atomic mass is 35.5. The van der Waals surface area contributed by atoms with Crippen LogP contribution in [0.3, 0.4) is 0 Å². The fourth-order valence-corrected chi connectivity index (χ4v) is 2.78. The topological polar surface area (TPSA) is 49.4 Å². The van der Waals surface area contributed by atoms with Crippen molar-refractivity contribution >= 4 is 40.7 Å². The molecule has 1 aliphatic rings. The minimum absolute atomic E-state index is 0.189. The number of halogens is 2. The molecule has 0 aromatic heterocycles. The molecular formula is C13H14Cl2N2O2. The lowest BCUT2D eigenvalue weighted by Crippen LogP contribution is -2.62. The Labute approximate surface area is 121 Å². The van der Waals surface area contributed by atoms with Crippen LogP contribution in [0.1, 0.15) is 20.3 Å². The molecule has 2 rings (SSSR count). The quantitative estimate of drug-likeness (QED) is 0.913. The molecule has 0 spiro atoms. The third-order valence-corrected chi connectivity index (χ3v) is 3.76. The van der Waals surface area contributed by atoms with Gasteiger partial charge in [0.15, 0.2) is 0 Å².